The number of carbonyl (C=O) groups is 1. The Bertz CT molecular complexity index is 265. The SMILES string of the molecule is CCC1C(C=O)C(N)C(N2CCCC2)N1CC. The molecule has 0 saturated carbocycles. The van der Waals surface area contributed by atoms with Gasteiger partial charge in [0, 0.05) is 18.0 Å². The van der Waals surface area contributed by atoms with Gasteiger partial charge in [-0.2, -0.15) is 0 Å². The molecule has 0 aromatic heterocycles. The third kappa shape index (κ3) is 2.14. The van der Waals surface area contributed by atoms with E-state index in [1.54, 1.807) is 0 Å². The van der Waals surface area contributed by atoms with Crippen LogP contribution in [0.5, 0.6) is 0 Å². The average Bonchev–Trinajstić information content (AvgIpc) is 2.93. The lowest BCUT2D eigenvalue weighted by molar-refractivity contribution is -0.112. The first kappa shape index (κ1) is 13.0. The van der Waals surface area contributed by atoms with Crippen LogP contribution in [0.2, 0.25) is 0 Å². The van der Waals surface area contributed by atoms with Crippen LogP contribution in [0, 0.1) is 5.92 Å². The van der Waals surface area contributed by atoms with Crippen LogP contribution in [0.25, 0.3) is 0 Å². The average molecular weight is 239 g/mol. The summed E-state index contributed by atoms with van der Waals surface area (Å²) in [6, 6.07) is 0.314. The zero-order valence-corrected chi connectivity index (χ0v) is 11.0. The van der Waals surface area contributed by atoms with Crippen molar-refractivity contribution in [1.82, 2.24) is 9.80 Å². The van der Waals surface area contributed by atoms with Gasteiger partial charge in [-0.05, 0) is 38.9 Å². The van der Waals surface area contributed by atoms with E-state index in [0.717, 1.165) is 32.3 Å². The summed E-state index contributed by atoms with van der Waals surface area (Å²) >= 11 is 0. The van der Waals surface area contributed by atoms with E-state index in [4.69, 9.17) is 5.73 Å². The minimum Gasteiger partial charge on any atom is -0.325 e. The first-order chi connectivity index (χ1) is 8.24. The minimum atomic E-state index is -0.0181. The first-order valence-corrected chi connectivity index (χ1v) is 6.95. The van der Waals surface area contributed by atoms with Crippen LogP contribution < -0.4 is 5.73 Å². The smallest absolute Gasteiger partial charge is 0.126 e. The Kier molecular flexibility index (Phi) is 4.17. The van der Waals surface area contributed by atoms with Crippen molar-refractivity contribution in [3.05, 3.63) is 0 Å². The van der Waals surface area contributed by atoms with Crippen molar-refractivity contribution in [1.29, 1.82) is 0 Å². The number of carbonyl (C=O) groups excluding carboxylic acids is 1. The van der Waals surface area contributed by atoms with Gasteiger partial charge in [0.25, 0.3) is 0 Å². The van der Waals surface area contributed by atoms with Gasteiger partial charge in [-0.25, -0.2) is 0 Å². The Morgan fingerprint density at radius 2 is 1.94 bits per heavy atom. The Balaban J connectivity index is 2.20. The van der Waals surface area contributed by atoms with Gasteiger partial charge in [-0.1, -0.05) is 13.8 Å². The van der Waals surface area contributed by atoms with Crippen molar-refractivity contribution in [2.45, 2.75) is 51.4 Å². The molecule has 0 aliphatic carbocycles. The van der Waals surface area contributed by atoms with Crippen LogP contribution in [-0.2, 0) is 4.79 Å². The van der Waals surface area contributed by atoms with Gasteiger partial charge >= 0.3 is 0 Å². The summed E-state index contributed by atoms with van der Waals surface area (Å²) in [6.45, 7) is 7.58. The molecule has 2 fully saturated rings. The maximum Gasteiger partial charge on any atom is 0.126 e. The van der Waals surface area contributed by atoms with Crippen molar-refractivity contribution in [2.75, 3.05) is 19.6 Å². The molecule has 17 heavy (non-hydrogen) atoms. The largest absolute Gasteiger partial charge is 0.325 e. The van der Waals surface area contributed by atoms with E-state index in [9.17, 15) is 4.79 Å². The number of nitrogens with two attached hydrogens (primary N) is 1. The molecule has 0 bridgehead atoms. The summed E-state index contributed by atoms with van der Waals surface area (Å²) in [7, 11) is 0. The quantitative estimate of drug-likeness (QED) is 0.732. The molecule has 2 N–H and O–H groups in total. The third-order valence-electron chi connectivity index (χ3n) is 4.45. The summed E-state index contributed by atoms with van der Waals surface area (Å²) in [5.41, 5.74) is 6.33. The van der Waals surface area contributed by atoms with Crippen molar-refractivity contribution in [2.24, 2.45) is 11.7 Å². The van der Waals surface area contributed by atoms with Crippen LogP contribution in [0.1, 0.15) is 33.1 Å². The molecule has 2 aliphatic rings. The molecule has 4 nitrogen and oxygen atoms in total. The van der Waals surface area contributed by atoms with Gasteiger partial charge in [0.2, 0.25) is 0 Å². The number of aldehydes is 1. The highest BCUT2D eigenvalue weighted by Crippen LogP contribution is 2.33. The van der Waals surface area contributed by atoms with E-state index in [1.807, 2.05) is 0 Å². The molecule has 2 rings (SSSR count). The third-order valence-corrected chi connectivity index (χ3v) is 4.45. The van der Waals surface area contributed by atoms with E-state index < -0.39 is 0 Å². The van der Waals surface area contributed by atoms with E-state index in [0.29, 0.717) is 6.04 Å². The Labute approximate surface area is 104 Å². The summed E-state index contributed by atoms with van der Waals surface area (Å²) < 4.78 is 0. The molecular weight excluding hydrogens is 214 g/mol. The predicted octanol–water partition coefficient (Wildman–Crippen LogP) is 0.665. The zero-order valence-electron chi connectivity index (χ0n) is 11.0. The Morgan fingerprint density at radius 3 is 2.41 bits per heavy atom. The molecular formula is C13H25N3O. The lowest BCUT2D eigenvalue weighted by Gasteiger charge is -2.35. The van der Waals surface area contributed by atoms with Gasteiger partial charge in [-0.15, -0.1) is 0 Å². The minimum absolute atomic E-state index is 0.00514. The first-order valence-electron chi connectivity index (χ1n) is 6.95. The highest BCUT2D eigenvalue weighted by atomic mass is 16.1. The van der Waals surface area contributed by atoms with Crippen LogP contribution in [-0.4, -0.2) is 54.0 Å². The molecule has 0 amide bonds. The lowest BCUT2D eigenvalue weighted by Crippen LogP contribution is -2.52. The van der Waals surface area contributed by atoms with Gasteiger partial charge in [0.15, 0.2) is 0 Å². The van der Waals surface area contributed by atoms with Crippen LogP contribution in [0.15, 0.2) is 0 Å². The normalized spacial score (nSPS) is 39.9. The predicted molar refractivity (Wildman–Crippen MR) is 68.6 cm³/mol. The van der Waals surface area contributed by atoms with Gasteiger partial charge in [-0.3, -0.25) is 9.80 Å². The Morgan fingerprint density at radius 1 is 1.29 bits per heavy atom. The highest BCUT2D eigenvalue weighted by molar-refractivity contribution is 5.57. The van der Waals surface area contributed by atoms with Crippen molar-refractivity contribution in [3.8, 4) is 0 Å². The second-order valence-corrected chi connectivity index (χ2v) is 5.25. The monoisotopic (exact) mass is 239 g/mol. The number of likely N-dealkylation sites (N-methyl/N-ethyl adjacent to an activating group) is 1. The van der Waals surface area contributed by atoms with E-state index in [1.165, 1.54) is 12.8 Å². The fourth-order valence-corrected chi connectivity index (χ4v) is 3.66. The molecule has 0 spiro atoms. The van der Waals surface area contributed by atoms with Crippen LogP contribution >= 0.6 is 0 Å². The van der Waals surface area contributed by atoms with Crippen molar-refractivity contribution in [3.63, 3.8) is 0 Å². The fourth-order valence-electron chi connectivity index (χ4n) is 3.66. The molecule has 0 radical (unpaired) electrons. The highest BCUT2D eigenvalue weighted by Gasteiger charge is 2.48. The second-order valence-electron chi connectivity index (χ2n) is 5.25. The standard InChI is InChI=1S/C13H25N3O/c1-3-11-10(9-17)12(14)13(16(11)4-2)15-7-5-6-8-15/h9-13H,3-8,14H2,1-2H3. The van der Waals surface area contributed by atoms with Gasteiger partial charge < -0.3 is 10.5 Å². The summed E-state index contributed by atoms with van der Waals surface area (Å²) in [6.07, 6.45) is 4.90. The maximum atomic E-state index is 11.3. The van der Waals surface area contributed by atoms with Crippen LogP contribution in [0.3, 0.4) is 0 Å². The Hall–Kier alpha value is -0.450. The van der Waals surface area contributed by atoms with Gasteiger partial charge in [0.1, 0.15) is 6.29 Å². The molecule has 0 aromatic rings. The summed E-state index contributed by atoms with van der Waals surface area (Å²) in [4.78, 5) is 16.2. The molecule has 4 heteroatoms. The second kappa shape index (κ2) is 5.46. The van der Waals surface area contributed by atoms with E-state index in [-0.39, 0.29) is 18.1 Å². The maximum absolute atomic E-state index is 11.3. The number of likely N-dealkylation sites (tertiary alicyclic amines) is 2. The van der Waals surface area contributed by atoms with E-state index >= 15 is 0 Å². The molecule has 2 aliphatic heterocycles. The molecule has 2 heterocycles. The summed E-state index contributed by atoms with van der Waals surface area (Å²) in [5, 5.41) is 0. The molecule has 0 aromatic carbocycles. The number of hydrogen-bond donors (Lipinski definition) is 1. The zero-order chi connectivity index (χ0) is 12.4. The van der Waals surface area contributed by atoms with Crippen LogP contribution in [0.4, 0.5) is 0 Å². The van der Waals surface area contributed by atoms with Gasteiger partial charge in [0.05, 0.1) is 6.17 Å². The molecule has 2 saturated heterocycles. The topological polar surface area (TPSA) is 49.6 Å². The molecule has 4 atom stereocenters. The molecule has 98 valence electrons. The fraction of sp³-hybridized carbons (Fsp3) is 0.923. The number of nitrogens with zero attached hydrogens (tertiary/aromatic N) is 2. The molecule has 4 unspecified atom stereocenters. The van der Waals surface area contributed by atoms with Crippen molar-refractivity contribution < 1.29 is 4.79 Å². The van der Waals surface area contributed by atoms with Crippen molar-refractivity contribution >= 4 is 6.29 Å². The number of hydrogen-bond acceptors (Lipinski definition) is 4. The number of rotatable bonds is 4. The lowest BCUT2D eigenvalue weighted by atomic mass is 9.96. The van der Waals surface area contributed by atoms with E-state index in [2.05, 4.69) is 23.6 Å². The summed E-state index contributed by atoms with van der Waals surface area (Å²) in [5.74, 6) is 0.00514.